The van der Waals surface area contributed by atoms with E-state index in [0.717, 1.165) is 19.2 Å². The smallest absolute Gasteiger partial charge is 0.322 e. The first-order valence-electron chi connectivity index (χ1n) is 13.0. The van der Waals surface area contributed by atoms with Gasteiger partial charge in [0.25, 0.3) is 11.8 Å². The number of nitrogens with zero attached hydrogens (tertiary/aromatic N) is 3. The Morgan fingerprint density at radius 1 is 0.878 bits per heavy atom. The molecular weight excluding hydrogens is 537 g/mol. The Hall–Kier alpha value is -4.29. The summed E-state index contributed by atoms with van der Waals surface area (Å²) in [6.45, 7) is 6.18. The number of aromatic nitrogens is 1. The van der Waals surface area contributed by atoms with E-state index in [0.29, 0.717) is 30.2 Å². The quantitative estimate of drug-likeness (QED) is 0.384. The molecule has 1 aliphatic rings. The normalized spacial score (nSPS) is 14.4. The van der Waals surface area contributed by atoms with Gasteiger partial charge in [0.05, 0.1) is 11.1 Å². The first-order chi connectivity index (χ1) is 19.4. The Balaban J connectivity index is 1.47. The van der Waals surface area contributed by atoms with E-state index in [9.17, 15) is 27.6 Å². The minimum atomic E-state index is -4.58. The summed E-state index contributed by atoms with van der Waals surface area (Å²) in [4.78, 5) is 45.0. The summed E-state index contributed by atoms with van der Waals surface area (Å²) in [5, 5.41) is 7.78. The highest BCUT2D eigenvalue weighted by molar-refractivity contribution is 6.07. The topological polar surface area (TPSA) is 107 Å². The highest BCUT2D eigenvalue weighted by atomic mass is 19.4. The van der Waals surface area contributed by atoms with Crippen molar-refractivity contribution in [2.45, 2.75) is 26.6 Å². The largest absolute Gasteiger partial charge is 0.416 e. The van der Waals surface area contributed by atoms with Crippen molar-refractivity contribution in [3.05, 3.63) is 82.5 Å². The highest BCUT2D eigenvalue weighted by Gasteiger charge is 2.34. The number of aryl methyl sites for hydroxylation is 1. The Bertz CT molecular complexity index is 1430. The van der Waals surface area contributed by atoms with Gasteiger partial charge < -0.3 is 20.9 Å². The number of carbonyl (C=O) groups is 3. The predicted octanol–water partition coefficient (Wildman–Crippen LogP) is 4.62. The maximum atomic E-state index is 13.9. The minimum Gasteiger partial charge on any atom is -0.322 e. The summed E-state index contributed by atoms with van der Waals surface area (Å²) in [5.74, 6) is -1.11. The van der Waals surface area contributed by atoms with Crippen molar-refractivity contribution >= 4 is 34.9 Å². The van der Waals surface area contributed by atoms with E-state index in [2.05, 4.69) is 25.8 Å². The van der Waals surface area contributed by atoms with Gasteiger partial charge >= 0.3 is 6.18 Å². The lowest BCUT2D eigenvalue weighted by Crippen LogP contribution is -2.44. The lowest BCUT2D eigenvalue weighted by molar-refractivity contribution is -0.138. The summed E-state index contributed by atoms with van der Waals surface area (Å²) in [6, 6.07) is 11.4. The Morgan fingerprint density at radius 2 is 1.56 bits per heavy atom. The van der Waals surface area contributed by atoms with E-state index >= 15 is 0 Å². The molecule has 0 aliphatic carbocycles. The molecule has 0 atom stereocenters. The number of halogens is 3. The van der Waals surface area contributed by atoms with E-state index in [1.165, 1.54) is 49.5 Å². The fraction of sp³-hybridized carbons (Fsp3) is 0.310. The maximum Gasteiger partial charge on any atom is 0.416 e. The monoisotopic (exact) mass is 568 g/mol. The Kier molecular flexibility index (Phi) is 9.04. The van der Waals surface area contributed by atoms with Crippen LogP contribution in [-0.2, 0) is 17.5 Å². The van der Waals surface area contributed by atoms with Crippen LogP contribution in [0.3, 0.4) is 0 Å². The molecule has 0 saturated carbocycles. The third-order valence-electron chi connectivity index (χ3n) is 6.74. The molecule has 0 bridgehead atoms. The lowest BCUT2D eigenvalue weighted by Gasteiger charge is -2.33. The van der Waals surface area contributed by atoms with Gasteiger partial charge in [-0.25, -0.2) is 4.98 Å². The van der Waals surface area contributed by atoms with Gasteiger partial charge in [-0.1, -0.05) is 12.1 Å². The molecule has 3 N–H and O–H groups in total. The van der Waals surface area contributed by atoms with Crippen molar-refractivity contribution in [2.75, 3.05) is 49.2 Å². The number of pyridine rings is 1. The third-order valence-corrected chi connectivity index (χ3v) is 6.74. The molecule has 2 aromatic carbocycles. The van der Waals surface area contributed by atoms with E-state index < -0.39 is 23.6 Å². The number of likely N-dealkylation sites (N-methyl/N-ethyl adjacent to an activating group) is 1. The molecule has 0 radical (unpaired) electrons. The number of hydrogen-bond acceptors (Lipinski definition) is 6. The summed E-state index contributed by atoms with van der Waals surface area (Å²) >= 11 is 0. The number of alkyl halides is 3. The van der Waals surface area contributed by atoms with Gasteiger partial charge in [0.15, 0.2) is 0 Å². The van der Waals surface area contributed by atoms with Crippen LogP contribution in [0.25, 0.3) is 0 Å². The van der Waals surface area contributed by atoms with E-state index in [4.69, 9.17) is 0 Å². The van der Waals surface area contributed by atoms with Gasteiger partial charge in [-0.3, -0.25) is 19.3 Å². The molecule has 1 saturated heterocycles. The van der Waals surface area contributed by atoms with Crippen LogP contribution in [0.1, 0.15) is 44.3 Å². The van der Waals surface area contributed by atoms with Crippen molar-refractivity contribution in [1.82, 2.24) is 14.8 Å². The second-order valence-corrected chi connectivity index (χ2v) is 10.0. The highest BCUT2D eigenvalue weighted by Crippen LogP contribution is 2.35. The van der Waals surface area contributed by atoms with Crippen LogP contribution in [0.4, 0.5) is 30.4 Å². The molecule has 3 aromatic rings. The zero-order valence-corrected chi connectivity index (χ0v) is 22.9. The number of rotatable bonds is 7. The number of amides is 3. The van der Waals surface area contributed by atoms with Crippen LogP contribution in [0.5, 0.6) is 0 Å². The molecule has 41 heavy (non-hydrogen) atoms. The van der Waals surface area contributed by atoms with Crippen LogP contribution >= 0.6 is 0 Å². The molecule has 216 valence electrons. The summed E-state index contributed by atoms with van der Waals surface area (Å²) in [5.41, 5.74) is 0.785. The molecule has 4 rings (SSSR count). The molecule has 3 amide bonds. The fourth-order valence-corrected chi connectivity index (χ4v) is 4.38. The van der Waals surface area contributed by atoms with Crippen LogP contribution < -0.4 is 16.0 Å². The molecule has 12 heteroatoms. The van der Waals surface area contributed by atoms with Crippen molar-refractivity contribution in [1.29, 1.82) is 0 Å². The molecule has 0 spiro atoms. The molecule has 0 unspecified atom stereocenters. The summed E-state index contributed by atoms with van der Waals surface area (Å²) in [7, 11) is 1.98. The fourth-order valence-electron chi connectivity index (χ4n) is 4.38. The minimum absolute atomic E-state index is 0.0148. The number of nitrogens with one attached hydrogen (secondary N) is 3. The Labute approximate surface area is 235 Å². The van der Waals surface area contributed by atoms with Gasteiger partial charge in [-0.05, 0) is 61.5 Å². The van der Waals surface area contributed by atoms with Crippen molar-refractivity contribution in [3.63, 3.8) is 0 Å². The summed E-state index contributed by atoms with van der Waals surface area (Å²) in [6.07, 6.45) is -3.28. The van der Waals surface area contributed by atoms with E-state index in [1.807, 2.05) is 11.9 Å². The summed E-state index contributed by atoms with van der Waals surface area (Å²) < 4.78 is 41.8. The van der Waals surface area contributed by atoms with E-state index in [1.54, 1.807) is 13.0 Å². The number of benzene rings is 2. The van der Waals surface area contributed by atoms with Crippen LogP contribution in [0.2, 0.25) is 0 Å². The number of piperazine rings is 1. The predicted molar refractivity (Wildman–Crippen MR) is 150 cm³/mol. The molecule has 1 fully saturated rings. The molecule has 9 nitrogen and oxygen atoms in total. The van der Waals surface area contributed by atoms with Gasteiger partial charge in [0, 0.05) is 62.8 Å². The number of anilines is 3. The Morgan fingerprint density at radius 3 is 2.20 bits per heavy atom. The van der Waals surface area contributed by atoms with Crippen molar-refractivity contribution in [2.24, 2.45) is 0 Å². The second-order valence-electron chi connectivity index (χ2n) is 10.0. The first-order valence-corrected chi connectivity index (χ1v) is 13.0. The van der Waals surface area contributed by atoms with Crippen molar-refractivity contribution < 1.29 is 27.6 Å². The third kappa shape index (κ3) is 7.89. The number of carbonyl (C=O) groups excluding carboxylic acids is 3. The molecule has 1 aromatic heterocycles. The zero-order chi connectivity index (χ0) is 29.7. The zero-order valence-electron chi connectivity index (χ0n) is 22.9. The second kappa shape index (κ2) is 12.5. The van der Waals surface area contributed by atoms with Gasteiger partial charge in [0.2, 0.25) is 5.91 Å². The number of hydrogen-bond donors (Lipinski definition) is 3. The van der Waals surface area contributed by atoms with Gasteiger partial charge in [0.1, 0.15) is 5.82 Å². The SMILES string of the molecule is CC(=O)Nc1ccc(C(=O)Nc2cc(C(=O)Nc3ccc(CN4CCN(C)CC4)c(C(F)(F)F)c3)ccc2C)cn1. The molecule has 1 aliphatic heterocycles. The van der Waals surface area contributed by atoms with Crippen LogP contribution in [-0.4, -0.2) is 65.7 Å². The molecule has 2 heterocycles. The van der Waals surface area contributed by atoms with Gasteiger partial charge in [-0.15, -0.1) is 0 Å². The van der Waals surface area contributed by atoms with Crippen molar-refractivity contribution in [3.8, 4) is 0 Å². The first kappa shape index (κ1) is 29.7. The standard InChI is InChI=1S/C29H31F3N6O3/c1-18-4-5-20(14-25(18)36-28(41)21-7-9-26(33-16-21)34-19(2)39)27(40)35-23-8-6-22(24(15-23)29(30,31)32)17-38-12-10-37(3)11-13-38/h4-9,14-16H,10-13,17H2,1-3H3,(H,35,40)(H,36,41)(H,33,34,39). The lowest BCUT2D eigenvalue weighted by atomic mass is 10.0. The average Bonchev–Trinajstić information content (AvgIpc) is 2.91. The maximum absolute atomic E-state index is 13.9. The van der Waals surface area contributed by atoms with Gasteiger partial charge in [-0.2, -0.15) is 13.2 Å². The molecular formula is C29H31F3N6O3. The van der Waals surface area contributed by atoms with Crippen LogP contribution in [0.15, 0.2) is 54.7 Å². The van der Waals surface area contributed by atoms with E-state index in [-0.39, 0.29) is 34.8 Å². The van der Waals surface area contributed by atoms with Crippen LogP contribution in [0, 0.1) is 6.92 Å². The average molecular weight is 569 g/mol.